The molecule has 104 valence electrons. The number of hydrogen-bond donors (Lipinski definition) is 3. The van der Waals surface area contributed by atoms with E-state index >= 15 is 0 Å². The Bertz CT molecular complexity index is 462. The molecule has 19 heavy (non-hydrogen) atoms. The first-order valence-electron chi connectivity index (χ1n) is 6.76. The summed E-state index contributed by atoms with van der Waals surface area (Å²) in [4.78, 5) is 16.0. The second-order valence-electron chi connectivity index (χ2n) is 5.31. The largest absolute Gasteiger partial charge is 0.505 e. The van der Waals surface area contributed by atoms with Crippen molar-refractivity contribution in [3.63, 3.8) is 0 Å². The van der Waals surface area contributed by atoms with Crippen molar-refractivity contribution in [1.29, 1.82) is 0 Å². The average molecular weight is 263 g/mol. The van der Waals surface area contributed by atoms with Crippen molar-refractivity contribution in [3.8, 4) is 5.75 Å². The Labute approximate surface area is 113 Å². The molecule has 1 aromatic heterocycles. The molecule has 0 aliphatic heterocycles. The summed E-state index contributed by atoms with van der Waals surface area (Å²) < 4.78 is 0. The molecule has 2 unspecified atom stereocenters. The topological polar surface area (TPSA) is 88.2 Å². The molecule has 4 N–H and O–H groups in total. The van der Waals surface area contributed by atoms with Gasteiger partial charge in [0.05, 0.1) is 0 Å². The number of carbonyl (C=O) groups excluding carboxylic acids is 1. The van der Waals surface area contributed by atoms with Gasteiger partial charge in [0.2, 0.25) is 0 Å². The summed E-state index contributed by atoms with van der Waals surface area (Å²) in [5.74, 6) is 0.250. The maximum absolute atomic E-state index is 12.0. The molecule has 0 saturated heterocycles. The minimum atomic E-state index is -0.295. The molecule has 1 aromatic rings. The van der Waals surface area contributed by atoms with Crippen molar-refractivity contribution in [2.24, 2.45) is 11.7 Å². The predicted molar refractivity (Wildman–Crippen MR) is 72.9 cm³/mol. The van der Waals surface area contributed by atoms with E-state index in [1.165, 1.54) is 0 Å². The zero-order chi connectivity index (χ0) is 13.8. The van der Waals surface area contributed by atoms with Crippen LogP contribution in [-0.4, -0.2) is 28.6 Å². The molecule has 1 heterocycles. The van der Waals surface area contributed by atoms with Gasteiger partial charge in [-0.15, -0.1) is 0 Å². The van der Waals surface area contributed by atoms with Gasteiger partial charge >= 0.3 is 0 Å². The van der Waals surface area contributed by atoms with Crippen LogP contribution in [0.2, 0.25) is 0 Å². The molecule has 1 saturated carbocycles. The van der Waals surface area contributed by atoms with Crippen LogP contribution < -0.4 is 11.1 Å². The Morgan fingerprint density at radius 3 is 3.05 bits per heavy atom. The number of nitrogens with one attached hydrogen (secondary N) is 1. The summed E-state index contributed by atoms with van der Waals surface area (Å²) in [6, 6.07) is 1.72. The lowest BCUT2D eigenvalue weighted by molar-refractivity contribution is 0.0929. The Morgan fingerprint density at radius 1 is 1.58 bits per heavy atom. The Balaban J connectivity index is 1.94. The maximum Gasteiger partial charge on any atom is 0.273 e. The van der Waals surface area contributed by atoms with E-state index in [4.69, 9.17) is 5.73 Å². The van der Waals surface area contributed by atoms with Gasteiger partial charge in [-0.05, 0) is 56.7 Å². The van der Waals surface area contributed by atoms with E-state index in [0.29, 0.717) is 12.5 Å². The van der Waals surface area contributed by atoms with Crippen LogP contribution in [0.25, 0.3) is 0 Å². The number of rotatable bonds is 4. The highest BCUT2D eigenvalue weighted by Gasteiger charge is 2.26. The highest BCUT2D eigenvalue weighted by Crippen LogP contribution is 2.28. The lowest BCUT2D eigenvalue weighted by Crippen LogP contribution is -2.33. The molecule has 1 amide bonds. The van der Waals surface area contributed by atoms with E-state index in [1.54, 1.807) is 12.3 Å². The van der Waals surface area contributed by atoms with Crippen molar-refractivity contribution in [2.75, 3.05) is 6.54 Å². The number of aromatic nitrogens is 1. The summed E-state index contributed by atoms with van der Waals surface area (Å²) in [5, 5.41) is 12.7. The molecule has 1 aliphatic rings. The van der Waals surface area contributed by atoms with Crippen molar-refractivity contribution in [2.45, 2.75) is 38.6 Å². The summed E-state index contributed by atoms with van der Waals surface area (Å²) in [5.41, 5.74) is 6.49. The van der Waals surface area contributed by atoms with Crippen LogP contribution >= 0.6 is 0 Å². The number of amides is 1. The number of aryl methyl sites for hydroxylation is 1. The number of pyridine rings is 1. The van der Waals surface area contributed by atoms with E-state index in [2.05, 4.69) is 10.3 Å². The van der Waals surface area contributed by atoms with Crippen molar-refractivity contribution < 1.29 is 9.90 Å². The lowest BCUT2D eigenvalue weighted by atomic mass is 10.0. The van der Waals surface area contributed by atoms with Crippen LogP contribution in [0.15, 0.2) is 12.3 Å². The third-order valence-electron chi connectivity index (χ3n) is 3.67. The standard InChI is InChI=1S/C14H21N3O2/c1-9-6-12(18)13(16-8-9)14(19)17-11-3-2-10(7-11)4-5-15/h6,8,10-11,18H,2-5,7,15H2,1H3,(H,17,19). The molecule has 2 atom stereocenters. The van der Waals surface area contributed by atoms with Gasteiger partial charge in [0.1, 0.15) is 5.75 Å². The molecular formula is C14H21N3O2. The monoisotopic (exact) mass is 263 g/mol. The number of carbonyl (C=O) groups is 1. The Morgan fingerprint density at radius 2 is 2.37 bits per heavy atom. The fourth-order valence-electron chi connectivity index (χ4n) is 2.69. The molecule has 2 rings (SSSR count). The molecule has 0 aromatic carbocycles. The minimum Gasteiger partial charge on any atom is -0.505 e. The van der Waals surface area contributed by atoms with Gasteiger partial charge < -0.3 is 16.2 Å². The number of hydrogen-bond acceptors (Lipinski definition) is 4. The van der Waals surface area contributed by atoms with Gasteiger partial charge in [0.15, 0.2) is 5.69 Å². The van der Waals surface area contributed by atoms with Gasteiger partial charge in [0.25, 0.3) is 5.91 Å². The lowest BCUT2D eigenvalue weighted by Gasteiger charge is -2.13. The van der Waals surface area contributed by atoms with Crippen LogP contribution in [0.1, 0.15) is 41.7 Å². The number of aromatic hydroxyl groups is 1. The molecule has 5 nitrogen and oxygen atoms in total. The van der Waals surface area contributed by atoms with Crippen molar-refractivity contribution in [1.82, 2.24) is 10.3 Å². The van der Waals surface area contributed by atoms with Crippen molar-refractivity contribution in [3.05, 3.63) is 23.5 Å². The van der Waals surface area contributed by atoms with Gasteiger partial charge in [-0.25, -0.2) is 4.98 Å². The normalized spacial score (nSPS) is 22.4. The third-order valence-corrected chi connectivity index (χ3v) is 3.67. The van der Waals surface area contributed by atoms with Gasteiger partial charge in [-0.3, -0.25) is 4.79 Å². The average Bonchev–Trinajstić information content (AvgIpc) is 2.76. The van der Waals surface area contributed by atoms with Crippen LogP contribution in [0.4, 0.5) is 0 Å². The van der Waals surface area contributed by atoms with E-state index in [1.807, 2.05) is 6.92 Å². The first kappa shape index (κ1) is 13.8. The second kappa shape index (κ2) is 6.02. The van der Waals surface area contributed by atoms with Crippen LogP contribution in [-0.2, 0) is 0 Å². The minimum absolute atomic E-state index is 0.0611. The molecule has 0 radical (unpaired) electrons. The Hall–Kier alpha value is -1.62. The second-order valence-corrected chi connectivity index (χ2v) is 5.31. The highest BCUT2D eigenvalue weighted by molar-refractivity contribution is 5.95. The number of nitrogens with two attached hydrogens (primary N) is 1. The van der Waals surface area contributed by atoms with E-state index in [-0.39, 0.29) is 23.4 Å². The van der Waals surface area contributed by atoms with Gasteiger partial charge in [-0.1, -0.05) is 0 Å². The van der Waals surface area contributed by atoms with E-state index < -0.39 is 0 Å². The summed E-state index contributed by atoms with van der Waals surface area (Å²) in [7, 11) is 0. The fourth-order valence-corrected chi connectivity index (χ4v) is 2.69. The van der Waals surface area contributed by atoms with Crippen molar-refractivity contribution >= 4 is 5.91 Å². The van der Waals surface area contributed by atoms with Gasteiger partial charge in [-0.2, -0.15) is 0 Å². The van der Waals surface area contributed by atoms with E-state index in [0.717, 1.165) is 31.2 Å². The first-order chi connectivity index (χ1) is 9.10. The highest BCUT2D eigenvalue weighted by atomic mass is 16.3. The molecule has 1 aliphatic carbocycles. The molecular weight excluding hydrogens is 242 g/mol. The van der Waals surface area contributed by atoms with Crippen LogP contribution in [0.5, 0.6) is 5.75 Å². The molecule has 5 heteroatoms. The van der Waals surface area contributed by atoms with E-state index in [9.17, 15) is 9.90 Å². The Kier molecular flexibility index (Phi) is 4.37. The molecule has 0 bridgehead atoms. The number of nitrogens with zero attached hydrogens (tertiary/aromatic N) is 1. The fraction of sp³-hybridized carbons (Fsp3) is 0.571. The summed E-state index contributed by atoms with van der Waals surface area (Å²) >= 11 is 0. The summed E-state index contributed by atoms with van der Waals surface area (Å²) in [6.07, 6.45) is 5.65. The van der Waals surface area contributed by atoms with Crippen LogP contribution in [0, 0.1) is 12.8 Å². The zero-order valence-electron chi connectivity index (χ0n) is 11.2. The van der Waals surface area contributed by atoms with Crippen LogP contribution in [0.3, 0.4) is 0 Å². The zero-order valence-corrected chi connectivity index (χ0v) is 11.2. The summed E-state index contributed by atoms with van der Waals surface area (Å²) in [6.45, 7) is 2.52. The molecule has 1 fully saturated rings. The third kappa shape index (κ3) is 3.44. The first-order valence-corrected chi connectivity index (χ1v) is 6.76. The smallest absolute Gasteiger partial charge is 0.273 e. The quantitative estimate of drug-likeness (QED) is 0.765. The maximum atomic E-state index is 12.0. The van der Waals surface area contributed by atoms with Gasteiger partial charge in [0, 0.05) is 12.2 Å². The SMILES string of the molecule is Cc1cnc(C(=O)NC2CCC(CCN)C2)c(O)c1. The predicted octanol–water partition coefficient (Wildman–Crippen LogP) is 1.34. The molecule has 0 spiro atoms.